The number of rotatable bonds is 4. The van der Waals surface area contributed by atoms with Gasteiger partial charge < -0.3 is 11.1 Å². The van der Waals surface area contributed by atoms with Gasteiger partial charge in [-0.1, -0.05) is 26.2 Å². The summed E-state index contributed by atoms with van der Waals surface area (Å²) < 4.78 is 0. The second-order valence-corrected chi connectivity index (χ2v) is 5.33. The van der Waals surface area contributed by atoms with Crippen LogP contribution in [0.4, 0.5) is 0 Å². The normalized spacial score (nSPS) is 29.1. The van der Waals surface area contributed by atoms with Crippen molar-refractivity contribution < 1.29 is 0 Å². The number of nitrogens with two attached hydrogens (primary N) is 1. The van der Waals surface area contributed by atoms with Crippen molar-refractivity contribution in [2.45, 2.75) is 76.9 Å². The lowest BCUT2D eigenvalue weighted by Gasteiger charge is -2.37. The number of hydrogen-bond donors (Lipinski definition) is 2. The van der Waals surface area contributed by atoms with Crippen LogP contribution in [-0.4, -0.2) is 17.6 Å². The monoisotopic (exact) mass is 198 g/mol. The van der Waals surface area contributed by atoms with E-state index in [9.17, 15) is 0 Å². The molecule has 2 heteroatoms. The summed E-state index contributed by atoms with van der Waals surface area (Å²) in [7, 11) is 0. The third-order valence-electron chi connectivity index (χ3n) is 3.27. The summed E-state index contributed by atoms with van der Waals surface area (Å²) in [5.41, 5.74) is 6.38. The smallest absolute Gasteiger partial charge is 0.0223 e. The summed E-state index contributed by atoms with van der Waals surface area (Å²) in [6.07, 6.45) is 7.58. The van der Waals surface area contributed by atoms with Gasteiger partial charge in [-0.05, 0) is 33.1 Å². The number of nitrogens with one attached hydrogen (secondary N) is 1. The maximum absolute atomic E-state index is 6.12. The van der Waals surface area contributed by atoms with Crippen LogP contribution in [0.5, 0.6) is 0 Å². The van der Waals surface area contributed by atoms with E-state index < -0.39 is 0 Å². The highest BCUT2D eigenvalue weighted by Crippen LogP contribution is 2.21. The molecule has 1 rings (SSSR count). The highest BCUT2D eigenvalue weighted by molar-refractivity contribution is 4.89. The van der Waals surface area contributed by atoms with Gasteiger partial charge in [0, 0.05) is 17.6 Å². The molecule has 0 aromatic heterocycles. The lowest BCUT2D eigenvalue weighted by molar-refractivity contribution is 0.243. The Morgan fingerprint density at radius 1 is 1.29 bits per heavy atom. The third-order valence-corrected chi connectivity index (χ3v) is 3.27. The van der Waals surface area contributed by atoms with Gasteiger partial charge in [-0.15, -0.1) is 0 Å². The third kappa shape index (κ3) is 3.58. The maximum Gasteiger partial charge on any atom is 0.0223 e. The van der Waals surface area contributed by atoms with Gasteiger partial charge in [0.05, 0.1) is 0 Å². The largest absolute Gasteiger partial charge is 0.326 e. The zero-order chi connectivity index (χ0) is 10.6. The van der Waals surface area contributed by atoms with E-state index >= 15 is 0 Å². The Bertz CT molecular complexity index is 166. The van der Waals surface area contributed by atoms with Crippen molar-refractivity contribution >= 4 is 0 Å². The minimum atomic E-state index is 0.258. The molecule has 1 saturated carbocycles. The van der Waals surface area contributed by atoms with Crippen LogP contribution in [0.2, 0.25) is 0 Å². The van der Waals surface area contributed by atoms with Crippen LogP contribution >= 0.6 is 0 Å². The molecule has 0 radical (unpaired) electrons. The van der Waals surface area contributed by atoms with Crippen LogP contribution in [0, 0.1) is 0 Å². The van der Waals surface area contributed by atoms with Gasteiger partial charge in [-0.3, -0.25) is 0 Å². The van der Waals surface area contributed by atoms with Gasteiger partial charge in [-0.25, -0.2) is 0 Å². The van der Waals surface area contributed by atoms with Crippen molar-refractivity contribution in [2.24, 2.45) is 5.73 Å². The van der Waals surface area contributed by atoms with Gasteiger partial charge in [0.15, 0.2) is 0 Å². The standard InChI is InChI=1S/C12H26N2/c1-4-9-12(2,3)14-11-8-6-5-7-10(11)13/h10-11,14H,4-9,13H2,1-3H3. The first-order chi connectivity index (χ1) is 6.55. The van der Waals surface area contributed by atoms with Crippen molar-refractivity contribution in [2.75, 3.05) is 0 Å². The lowest BCUT2D eigenvalue weighted by Crippen LogP contribution is -2.54. The molecule has 84 valence electrons. The van der Waals surface area contributed by atoms with Crippen LogP contribution in [0.3, 0.4) is 0 Å². The summed E-state index contributed by atoms with van der Waals surface area (Å²) in [5.74, 6) is 0. The molecule has 1 fully saturated rings. The first-order valence-corrected chi connectivity index (χ1v) is 6.08. The molecular formula is C12H26N2. The predicted octanol–water partition coefficient (Wildman–Crippen LogP) is 2.42. The van der Waals surface area contributed by atoms with Crippen molar-refractivity contribution in [1.29, 1.82) is 0 Å². The van der Waals surface area contributed by atoms with E-state index in [1.807, 2.05) is 0 Å². The Morgan fingerprint density at radius 3 is 2.50 bits per heavy atom. The molecule has 0 aliphatic heterocycles. The molecule has 0 spiro atoms. The second kappa shape index (κ2) is 5.13. The van der Waals surface area contributed by atoms with Crippen molar-refractivity contribution in [3.63, 3.8) is 0 Å². The molecular weight excluding hydrogens is 172 g/mol. The van der Waals surface area contributed by atoms with Crippen molar-refractivity contribution in [3.05, 3.63) is 0 Å². The van der Waals surface area contributed by atoms with E-state index in [-0.39, 0.29) is 5.54 Å². The minimum absolute atomic E-state index is 0.258. The average Bonchev–Trinajstić information content (AvgIpc) is 2.08. The predicted molar refractivity (Wildman–Crippen MR) is 62.4 cm³/mol. The molecule has 2 nitrogen and oxygen atoms in total. The van der Waals surface area contributed by atoms with Gasteiger partial charge in [0.25, 0.3) is 0 Å². The van der Waals surface area contributed by atoms with Gasteiger partial charge >= 0.3 is 0 Å². The molecule has 0 saturated heterocycles. The molecule has 1 aliphatic rings. The average molecular weight is 198 g/mol. The summed E-state index contributed by atoms with van der Waals surface area (Å²) in [5, 5.41) is 3.72. The molecule has 3 N–H and O–H groups in total. The Morgan fingerprint density at radius 2 is 1.93 bits per heavy atom. The molecule has 1 aliphatic carbocycles. The highest BCUT2D eigenvalue weighted by atomic mass is 15.0. The topological polar surface area (TPSA) is 38.0 Å². The molecule has 0 amide bonds. The van der Waals surface area contributed by atoms with E-state index in [0.29, 0.717) is 12.1 Å². The minimum Gasteiger partial charge on any atom is -0.326 e. The van der Waals surface area contributed by atoms with E-state index in [1.165, 1.54) is 38.5 Å². The first-order valence-electron chi connectivity index (χ1n) is 6.08. The SMILES string of the molecule is CCCC(C)(C)NC1CCCCC1N. The summed E-state index contributed by atoms with van der Waals surface area (Å²) in [6, 6.07) is 0.921. The van der Waals surface area contributed by atoms with Crippen molar-refractivity contribution in [3.8, 4) is 0 Å². The fraction of sp³-hybridized carbons (Fsp3) is 1.00. The Labute approximate surface area is 88.6 Å². The van der Waals surface area contributed by atoms with Crippen molar-refractivity contribution in [1.82, 2.24) is 5.32 Å². The summed E-state index contributed by atoms with van der Waals surface area (Å²) >= 11 is 0. The molecule has 0 bridgehead atoms. The summed E-state index contributed by atoms with van der Waals surface area (Å²) in [4.78, 5) is 0. The quantitative estimate of drug-likeness (QED) is 0.728. The molecule has 0 aromatic carbocycles. The summed E-state index contributed by atoms with van der Waals surface area (Å²) in [6.45, 7) is 6.82. The Hall–Kier alpha value is -0.0800. The van der Waals surface area contributed by atoms with Gasteiger partial charge in [0.2, 0.25) is 0 Å². The highest BCUT2D eigenvalue weighted by Gasteiger charge is 2.27. The molecule has 2 atom stereocenters. The molecule has 0 heterocycles. The number of hydrogen-bond acceptors (Lipinski definition) is 2. The van der Waals surface area contributed by atoms with Crippen LogP contribution in [0.1, 0.15) is 59.3 Å². The second-order valence-electron chi connectivity index (χ2n) is 5.33. The first kappa shape index (κ1) is 12.0. The van der Waals surface area contributed by atoms with Crippen LogP contribution in [-0.2, 0) is 0 Å². The zero-order valence-corrected chi connectivity index (χ0v) is 9.97. The molecule has 2 unspecified atom stereocenters. The Balaban J connectivity index is 2.40. The van der Waals surface area contributed by atoms with Crippen LogP contribution < -0.4 is 11.1 Å². The van der Waals surface area contributed by atoms with Crippen LogP contribution in [0.15, 0.2) is 0 Å². The fourth-order valence-corrected chi connectivity index (χ4v) is 2.54. The maximum atomic E-state index is 6.12. The van der Waals surface area contributed by atoms with Crippen LogP contribution in [0.25, 0.3) is 0 Å². The van der Waals surface area contributed by atoms with Gasteiger partial charge in [-0.2, -0.15) is 0 Å². The van der Waals surface area contributed by atoms with E-state index in [0.717, 1.165) is 0 Å². The molecule has 14 heavy (non-hydrogen) atoms. The van der Waals surface area contributed by atoms with E-state index in [1.54, 1.807) is 0 Å². The lowest BCUT2D eigenvalue weighted by atomic mass is 9.88. The van der Waals surface area contributed by atoms with E-state index in [2.05, 4.69) is 26.1 Å². The Kier molecular flexibility index (Phi) is 4.39. The molecule has 0 aromatic rings. The van der Waals surface area contributed by atoms with Gasteiger partial charge in [0.1, 0.15) is 0 Å². The van der Waals surface area contributed by atoms with E-state index in [4.69, 9.17) is 5.73 Å². The zero-order valence-electron chi connectivity index (χ0n) is 9.97. The fourth-order valence-electron chi connectivity index (χ4n) is 2.54.